The van der Waals surface area contributed by atoms with E-state index in [1.165, 1.54) is 17.1 Å². The molecule has 8 nitrogen and oxygen atoms in total. The van der Waals surface area contributed by atoms with Gasteiger partial charge in [-0.25, -0.2) is 13.4 Å². The van der Waals surface area contributed by atoms with Gasteiger partial charge in [-0.3, -0.25) is 14.9 Å². The third-order valence-electron chi connectivity index (χ3n) is 2.85. The molecule has 1 aromatic heterocycles. The van der Waals surface area contributed by atoms with Crippen LogP contribution in [0.1, 0.15) is 13.3 Å². The highest BCUT2D eigenvalue weighted by Crippen LogP contribution is 2.20. The average Bonchev–Trinajstić information content (AvgIpc) is 2.75. The van der Waals surface area contributed by atoms with Crippen molar-refractivity contribution >= 4 is 21.8 Å². The van der Waals surface area contributed by atoms with Gasteiger partial charge in [0.25, 0.3) is 10.0 Å². The summed E-state index contributed by atoms with van der Waals surface area (Å²) >= 11 is 0. The normalized spacial score (nSPS) is 21.5. The van der Waals surface area contributed by atoms with Crippen LogP contribution in [0.3, 0.4) is 0 Å². The number of carbonyl (C=O) groups is 2. The molecule has 1 aliphatic heterocycles. The number of rotatable bonds is 3. The Morgan fingerprint density at radius 3 is 2.68 bits per heavy atom. The summed E-state index contributed by atoms with van der Waals surface area (Å²) in [5.74, 6) is -1.23. The second-order valence-corrected chi connectivity index (χ2v) is 6.10. The smallest absolute Gasteiger partial charge is 0.263 e. The molecule has 0 aromatic carbocycles. The summed E-state index contributed by atoms with van der Waals surface area (Å²) in [6, 6.07) is -0.885. The molecule has 104 valence electrons. The standard InChI is InChI=1S/C10H14N4O4S/c1-3-7-10(16)12-8(15)4-14(7)19(17,18)9-5-13(2)6-11-9/h5-7H,3-4H2,1-2H3,(H,12,15,16). The zero-order chi connectivity index (χ0) is 14.2. The minimum absolute atomic E-state index is 0.170. The zero-order valence-corrected chi connectivity index (χ0v) is 11.3. The average molecular weight is 286 g/mol. The van der Waals surface area contributed by atoms with Crippen LogP contribution in [0.25, 0.3) is 0 Å². The number of aryl methyl sites for hydroxylation is 1. The number of amides is 2. The number of hydrogen-bond acceptors (Lipinski definition) is 5. The van der Waals surface area contributed by atoms with E-state index in [0.717, 1.165) is 4.31 Å². The van der Waals surface area contributed by atoms with E-state index >= 15 is 0 Å². The first-order chi connectivity index (χ1) is 8.86. The van der Waals surface area contributed by atoms with Crippen LogP contribution in [0.2, 0.25) is 0 Å². The van der Waals surface area contributed by atoms with E-state index in [4.69, 9.17) is 0 Å². The molecular weight excluding hydrogens is 272 g/mol. The van der Waals surface area contributed by atoms with Gasteiger partial charge >= 0.3 is 0 Å². The molecule has 1 aliphatic rings. The van der Waals surface area contributed by atoms with E-state index < -0.39 is 27.9 Å². The molecule has 0 aliphatic carbocycles. The Hall–Kier alpha value is -1.74. The minimum atomic E-state index is -3.95. The molecule has 0 saturated carbocycles. The lowest BCUT2D eigenvalue weighted by atomic mass is 10.2. The van der Waals surface area contributed by atoms with Crippen LogP contribution in [-0.4, -0.2) is 46.7 Å². The maximum atomic E-state index is 12.4. The summed E-state index contributed by atoms with van der Waals surface area (Å²) in [7, 11) is -2.31. The predicted octanol–water partition coefficient (Wildman–Crippen LogP) is -1.15. The van der Waals surface area contributed by atoms with E-state index in [9.17, 15) is 18.0 Å². The summed E-state index contributed by atoms with van der Waals surface area (Å²) < 4.78 is 27.1. The van der Waals surface area contributed by atoms with Crippen molar-refractivity contribution < 1.29 is 18.0 Å². The molecule has 1 saturated heterocycles. The maximum absolute atomic E-state index is 12.4. The van der Waals surface area contributed by atoms with Crippen molar-refractivity contribution in [3.8, 4) is 0 Å². The van der Waals surface area contributed by atoms with Gasteiger partial charge in [0.05, 0.1) is 12.9 Å². The fraction of sp³-hybridized carbons (Fsp3) is 0.500. The monoisotopic (exact) mass is 286 g/mol. The van der Waals surface area contributed by atoms with Gasteiger partial charge in [0.1, 0.15) is 6.04 Å². The Balaban J connectivity index is 2.42. The molecule has 1 aromatic rings. The molecule has 19 heavy (non-hydrogen) atoms. The van der Waals surface area contributed by atoms with Crippen molar-refractivity contribution in [3.63, 3.8) is 0 Å². The van der Waals surface area contributed by atoms with E-state index in [0.29, 0.717) is 0 Å². The lowest BCUT2D eigenvalue weighted by Crippen LogP contribution is -2.59. The zero-order valence-electron chi connectivity index (χ0n) is 10.5. The van der Waals surface area contributed by atoms with E-state index in [1.54, 1.807) is 14.0 Å². The number of nitrogens with one attached hydrogen (secondary N) is 1. The Kier molecular flexibility index (Phi) is 3.42. The van der Waals surface area contributed by atoms with Gasteiger partial charge in [-0.1, -0.05) is 6.92 Å². The predicted molar refractivity (Wildman–Crippen MR) is 64.3 cm³/mol. The first-order valence-corrected chi connectivity index (χ1v) is 7.13. The number of sulfonamides is 1. The summed E-state index contributed by atoms with van der Waals surface area (Å²) in [5.41, 5.74) is 0. The molecule has 0 radical (unpaired) electrons. The Morgan fingerprint density at radius 1 is 1.47 bits per heavy atom. The number of nitrogens with zero attached hydrogens (tertiary/aromatic N) is 3. The van der Waals surface area contributed by atoms with Crippen LogP contribution in [-0.2, 0) is 26.7 Å². The fourth-order valence-corrected chi connectivity index (χ4v) is 3.51. The molecule has 2 amide bonds. The summed E-state index contributed by atoms with van der Waals surface area (Å²) in [5, 5.41) is 1.96. The Labute approximate surface area is 110 Å². The third kappa shape index (κ3) is 2.38. The SMILES string of the molecule is CCC1C(=O)NC(=O)CN1S(=O)(=O)c1cn(C)cn1. The molecule has 1 N–H and O–H groups in total. The number of imidazole rings is 1. The molecule has 1 fully saturated rings. The van der Waals surface area contributed by atoms with Gasteiger partial charge in [0.15, 0.2) is 5.03 Å². The molecular formula is C10H14N4O4S. The van der Waals surface area contributed by atoms with Gasteiger partial charge in [-0.15, -0.1) is 0 Å². The van der Waals surface area contributed by atoms with E-state index in [-0.39, 0.29) is 18.0 Å². The first kappa shape index (κ1) is 13.7. The van der Waals surface area contributed by atoms with Crippen LogP contribution in [0.5, 0.6) is 0 Å². The number of piperazine rings is 1. The minimum Gasteiger partial charge on any atom is -0.339 e. The van der Waals surface area contributed by atoms with Crippen molar-refractivity contribution in [2.45, 2.75) is 24.4 Å². The van der Waals surface area contributed by atoms with Gasteiger partial charge in [-0.05, 0) is 6.42 Å². The lowest BCUT2D eigenvalue weighted by molar-refractivity contribution is -0.137. The van der Waals surface area contributed by atoms with Crippen molar-refractivity contribution in [2.75, 3.05) is 6.54 Å². The molecule has 0 bridgehead atoms. The molecule has 9 heteroatoms. The Bertz CT molecular complexity index is 621. The largest absolute Gasteiger partial charge is 0.339 e. The van der Waals surface area contributed by atoms with E-state index in [2.05, 4.69) is 10.3 Å². The molecule has 2 rings (SSSR count). The molecule has 2 heterocycles. The van der Waals surface area contributed by atoms with Gasteiger partial charge in [-0.2, -0.15) is 4.31 Å². The summed E-state index contributed by atoms with van der Waals surface area (Å²) in [4.78, 5) is 26.8. The number of imide groups is 1. The van der Waals surface area contributed by atoms with Gasteiger partial charge < -0.3 is 4.57 Å². The van der Waals surface area contributed by atoms with Crippen LogP contribution < -0.4 is 5.32 Å². The number of carbonyl (C=O) groups excluding carboxylic acids is 2. The topological polar surface area (TPSA) is 101 Å². The van der Waals surface area contributed by atoms with Crippen molar-refractivity contribution in [2.24, 2.45) is 7.05 Å². The highest BCUT2D eigenvalue weighted by molar-refractivity contribution is 7.89. The highest BCUT2D eigenvalue weighted by atomic mass is 32.2. The number of aromatic nitrogens is 2. The van der Waals surface area contributed by atoms with Crippen LogP contribution >= 0.6 is 0 Å². The van der Waals surface area contributed by atoms with Gasteiger partial charge in [0, 0.05) is 13.2 Å². The van der Waals surface area contributed by atoms with Crippen LogP contribution in [0.15, 0.2) is 17.6 Å². The molecule has 0 spiro atoms. The molecule has 1 atom stereocenters. The first-order valence-electron chi connectivity index (χ1n) is 5.69. The number of hydrogen-bond donors (Lipinski definition) is 1. The van der Waals surface area contributed by atoms with Crippen molar-refractivity contribution in [1.29, 1.82) is 0 Å². The van der Waals surface area contributed by atoms with Gasteiger partial charge in [0.2, 0.25) is 11.8 Å². The van der Waals surface area contributed by atoms with Crippen LogP contribution in [0.4, 0.5) is 0 Å². The van der Waals surface area contributed by atoms with Crippen molar-refractivity contribution in [1.82, 2.24) is 19.2 Å². The molecule has 1 unspecified atom stereocenters. The maximum Gasteiger partial charge on any atom is 0.263 e. The summed E-state index contributed by atoms with van der Waals surface area (Å²) in [6.45, 7) is 1.31. The Morgan fingerprint density at radius 2 is 2.16 bits per heavy atom. The fourth-order valence-electron chi connectivity index (χ4n) is 1.93. The second-order valence-electron chi connectivity index (χ2n) is 4.26. The quantitative estimate of drug-likeness (QED) is 0.707. The second kappa shape index (κ2) is 4.74. The third-order valence-corrected chi connectivity index (χ3v) is 4.59. The van der Waals surface area contributed by atoms with Crippen LogP contribution in [0, 0.1) is 0 Å². The lowest BCUT2D eigenvalue weighted by Gasteiger charge is -2.31. The summed E-state index contributed by atoms with van der Waals surface area (Å²) in [6.07, 6.45) is 2.96. The van der Waals surface area contributed by atoms with Crippen molar-refractivity contribution in [3.05, 3.63) is 12.5 Å². The highest BCUT2D eigenvalue weighted by Gasteiger charge is 2.41. The van der Waals surface area contributed by atoms with E-state index in [1.807, 2.05) is 0 Å².